The predicted octanol–water partition coefficient (Wildman–Crippen LogP) is 8.43. The van der Waals surface area contributed by atoms with Gasteiger partial charge in [0.25, 0.3) is 0 Å². The molecule has 3 nitrogen and oxygen atoms in total. The molecule has 2 aromatic heterocycles. The third-order valence-electron chi connectivity index (χ3n) is 8.12. The number of imidazole rings is 1. The second-order valence-corrected chi connectivity index (χ2v) is 10.5. The molecule has 5 aromatic carbocycles. The first-order valence-electron chi connectivity index (χ1n) is 12.8. The van der Waals surface area contributed by atoms with Crippen LogP contribution in [-0.2, 0) is 5.41 Å². The van der Waals surface area contributed by atoms with Crippen LogP contribution in [-0.4, -0.2) is 14.1 Å². The highest BCUT2D eigenvalue weighted by molar-refractivity contribution is 6.09. The van der Waals surface area contributed by atoms with Crippen molar-refractivity contribution < 1.29 is 0 Å². The van der Waals surface area contributed by atoms with Crippen LogP contribution in [0.5, 0.6) is 0 Å². The molecular weight excluding hydrogens is 450 g/mol. The van der Waals surface area contributed by atoms with Gasteiger partial charge >= 0.3 is 0 Å². The Morgan fingerprint density at radius 2 is 1.27 bits per heavy atom. The largest absolute Gasteiger partial charge is 0.309 e. The van der Waals surface area contributed by atoms with Crippen molar-refractivity contribution >= 4 is 32.8 Å². The van der Waals surface area contributed by atoms with Gasteiger partial charge in [0.15, 0.2) is 0 Å². The van der Waals surface area contributed by atoms with Crippen molar-refractivity contribution in [2.45, 2.75) is 19.3 Å². The maximum absolute atomic E-state index is 5.17. The van der Waals surface area contributed by atoms with Crippen LogP contribution >= 0.6 is 0 Å². The van der Waals surface area contributed by atoms with E-state index in [1.165, 1.54) is 44.1 Å². The van der Waals surface area contributed by atoms with Gasteiger partial charge in [-0.15, -0.1) is 0 Å². The summed E-state index contributed by atoms with van der Waals surface area (Å²) in [6.45, 7) is 4.67. The fraction of sp³-hybridized carbons (Fsp3) is 0.0882. The van der Waals surface area contributed by atoms with Crippen molar-refractivity contribution in [2.75, 3.05) is 0 Å². The first-order chi connectivity index (χ1) is 18.1. The van der Waals surface area contributed by atoms with Crippen LogP contribution in [0.1, 0.15) is 25.0 Å². The van der Waals surface area contributed by atoms with Crippen molar-refractivity contribution in [1.29, 1.82) is 0 Å². The zero-order valence-electron chi connectivity index (χ0n) is 20.8. The molecule has 0 bridgehead atoms. The number of benzene rings is 5. The van der Waals surface area contributed by atoms with Crippen LogP contribution in [0.3, 0.4) is 0 Å². The number of para-hydroxylation sites is 3. The fourth-order valence-electron chi connectivity index (χ4n) is 6.36. The van der Waals surface area contributed by atoms with Gasteiger partial charge in [-0.3, -0.25) is 4.57 Å². The summed E-state index contributed by atoms with van der Waals surface area (Å²) in [5.74, 6) is 0.985. The normalized spacial score (nSPS) is 13.9. The number of nitrogens with zero attached hydrogens (tertiary/aromatic N) is 3. The molecule has 0 aliphatic carbocycles. The Hall–Kier alpha value is -4.63. The SMILES string of the molecule is CC1(C)c2ccc(-n3c4ccccc4c4ccccc43)cc2-n2c(-c3ccccc3)nc3cccc1c32. The molecule has 3 heterocycles. The molecule has 0 unspecified atom stereocenters. The molecule has 1 aliphatic heterocycles. The lowest BCUT2D eigenvalue weighted by molar-refractivity contribution is 0.629. The average molecular weight is 476 g/mol. The topological polar surface area (TPSA) is 22.8 Å². The second kappa shape index (κ2) is 7.21. The van der Waals surface area contributed by atoms with Crippen LogP contribution in [0.15, 0.2) is 115 Å². The van der Waals surface area contributed by atoms with Crippen molar-refractivity contribution in [1.82, 2.24) is 14.1 Å². The molecule has 176 valence electrons. The van der Waals surface area contributed by atoms with Crippen LogP contribution in [0, 0.1) is 0 Å². The van der Waals surface area contributed by atoms with Gasteiger partial charge in [0.1, 0.15) is 5.82 Å². The first kappa shape index (κ1) is 20.6. The number of fused-ring (bicyclic) bond motifs is 5. The van der Waals surface area contributed by atoms with Crippen LogP contribution in [0.4, 0.5) is 0 Å². The molecule has 0 fully saturated rings. The lowest BCUT2D eigenvalue weighted by atomic mass is 9.74. The van der Waals surface area contributed by atoms with Gasteiger partial charge in [-0.05, 0) is 41.5 Å². The zero-order valence-corrected chi connectivity index (χ0v) is 20.8. The quantitative estimate of drug-likeness (QED) is 0.246. The average Bonchev–Trinajstić information content (AvgIpc) is 3.49. The summed E-state index contributed by atoms with van der Waals surface area (Å²) in [7, 11) is 0. The van der Waals surface area contributed by atoms with Crippen molar-refractivity contribution in [3.8, 4) is 22.8 Å². The molecule has 8 rings (SSSR count). The minimum Gasteiger partial charge on any atom is -0.309 e. The first-order valence-corrected chi connectivity index (χ1v) is 12.8. The van der Waals surface area contributed by atoms with Gasteiger partial charge in [0, 0.05) is 27.4 Å². The van der Waals surface area contributed by atoms with Gasteiger partial charge in [-0.1, -0.05) is 98.8 Å². The predicted molar refractivity (Wildman–Crippen MR) is 153 cm³/mol. The van der Waals surface area contributed by atoms with Crippen LogP contribution in [0.25, 0.3) is 55.6 Å². The highest BCUT2D eigenvalue weighted by atomic mass is 15.1. The summed E-state index contributed by atoms with van der Waals surface area (Å²) in [5, 5.41) is 2.55. The summed E-state index contributed by atoms with van der Waals surface area (Å²) in [4.78, 5) is 5.17. The summed E-state index contributed by atoms with van der Waals surface area (Å²) in [6, 6.07) is 41.4. The van der Waals surface area contributed by atoms with E-state index in [4.69, 9.17) is 4.98 Å². The van der Waals surface area contributed by atoms with Gasteiger partial charge in [-0.2, -0.15) is 0 Å². The Bertz CT molecular complexity index is 1950. The molecule has 1 aliphatic rings. The van der Waals surface area contributed by atoms with Crippen molar-refractivity contribution in [2.24, 2.45) is 0 Å². The van der Waals surface area contributed by atoms with Gasteiger partial charge < -0.3 is 4.57 Å². The van der Waals surface area contributed by atoms with Crippen molar-refractivity contribution in [3.05, 3.63) is 126 Å². The molecule has 0 spiro atoms. The van der Waals surface area contributed by atoms with E-state index in [1.807, 2.05) is 0 Å². The highest BCUT2D eigenvalue weighted by Crippen LogP contribution is 2.47. The minimum atomic E-state index is -0.141. The molecule has 0 saturated heterocycles. The molecule has 0 amide bonds. The number of hydrogen-bond acceptors (Lipinski definition) is 1. The Balaban J connectivity index is 1.49. The van der Waals surface area contributed by atoms with E-state index in [1.54, 1.807) is 0 Å². The monoisotopic (exact) mass is 475 g/mol. The molecule has 0 saturated carbocycles. The van der Waals surface area contributed by atoms with E-state index in [0.29, 0.717) is 0 Å². The smallest absolute Gasteiger partial charge is 0.145 e. The van der Waals surface area contributed by atoms with E-state index < -0.39 is 0 Å². The van der Waals surface area contributed by atoms with Gasteiger partial charge in [-0.25, -0.2) is 4.98 Å². The van der Waals surface area contributed by atoms with Crippen molar-refractivity contribution in [3.63, 3.8) is 0 Å². The number of rotatable bonds is 2. The Morgan fingerprint density at radius 3 is 2.00 bits per heavy atom. The van der Waals surface area contributed by atoms with E-state index in [2.05, 4.69) is 138 Å². The van der Waals surface area contributed by atoms with E-state index >= 15 is 0 Å². The zero-order chi connectivity index (χ0) is 24.7. The van der Waals surface area contributed by atoms with Crippen LogP contribution in [0.2, 0.25) is 0 Å². The lowest BCUT2D eigenvalue weighted by Gasteiger charge is -2.35. The standard InChI is InChI=1S/C34H25N3/c1-34(2)26-20-19-23(36-29-17-8-6-13-24(29)25-14-7-9-18-30(25)36)21-31(26)37-32-27(34)15-10-16-28(32)35-33(37)22-11-4-3-5-12-22/h3-21H,1-2H3. The maximum Gasteiger partial charge on any atom is 0.145 e. The molecule has 3 heteroatoms. The van der Waals surface area contributed by atoms with E-state index in [-0.39, 0.29) is 5.41 Å². The third-order valence-corrected chi connectivity index (χ3v) is 8.12. The molecular formula is C34H25N3. The number of aromatic nitrogens is 3. The molecule has 0 atom stereocenters. The summed E-state index contributed by atoms with van der Waals surface area (Å²) < 4.78 is 4.78. The van der Waals surface area contributed by atoms with Gasteiger partial charge in [0.2, 0.25) is 0 Å². The highest BCUT2D eigenvalue weighted by Gasteiger charge is 2.36. The van der Waals surface area contributed by atoms with E-state index in [0.717, 1.165) is 22.6 Å². The molecule has 0 N–H and O–H groups in total. The fourth-order valence-corrected chi connectivity index (χ4v) is 6.36. The molecule has 0 radical (unpaired) electrons. The third kappa shape index (κ3) is 2.69. The van der Waals surface area contributed by atoms with E-state index in [9.17, 15) is 0 Å². The van der Waals surface area contributed by atoms with Gasteiger partial charge in [0.05, 0.1) is 27.8 Å². The minimum absolute atomic E-state index is 0.141. The Labute approximate surface area is 215 Å². The van der Waals surface area contributed by atoms with Crippen LogP contribution < -0.4 is 0 Å². The summed E-state index contributed by atoms with van der Waals surface area (Å²) in [6.07, 6.45) is 0. The molecule has 7 aromatic rings. The number of hydrogen-bond donors (Lipinski definition) is 0. The Kier molecular flexibility index (Phi) is 4.00. The Morgan fingerprint density at radius 1 is 0.595 bits per heavy atom. The lowest BCUT2D eigenvalue weighted by Crippen LogP contribution is -2.26. The summed E-state index contributed by atoms with van der Waals surface area (Å²) in [5.41, 5.74) is 10.7. The maximum atomic E-state index is 5.17. The summed E-state index contributed by atoms with van der Waals surface area (Å²) >= 11 is 0. The second-order valence-electron chi connectivity index (χ2n) is 10.5. The molecule has 37 heavy (non-hydrogen) atoms.